The Kier molecular flexibility index (Phi) is 8.15. The molecule has 3 aliphatic heterocycles. The quantitative estimate of drug-likeness (QED) is 0.257. The summed E-state index contributed by atoms with van der Waals surface area (Å²) in [7, 11) is 0. The van der Waals surface area contributed by atoms with Crippen LogP contribution in [0.15, 0.2) is 43.5 Å². The molecular formula is C30H40N2O5S. The van der Waals surface area contributed by atoms with Gasteiger partial charge in [-0.05, 0) is 57.6 Å². The van der Waals surface area contributed by atoms with Crippen molar-refractivity contribution in [2.24, 2.45) is 11.8 Å². The number of aliphatic hydroxyl groups excluding tert-OH is 1. The Bertz CT molecular complexity index is 1110. The molecule has 1 aromatic carbocycles. The average Bonchev–Trinajstić information content (AvgIpc) is 3.45. The lowest BCUT2D eigenvalue weighted by atomic mass is 9.66. The number of ether oxygens (including phenoxy) is 1. The fourth-order valence-electron chi connectivity index (χ4n) is 6.94. The number of aliphatic hydroxyl groups is 1. The smallest absolute Gasteiger partial charge is 0.311 e. The number of anilines is 1. The maximum atomic E-state index is 14.7. The minimum absolute atomic E-state index is 0.192. The Hall–Kier alpha value is -2.58. The third-order valence-electron chi connectivity index (χ3n) is 8.63. The highest BCUT2D eigenvalue weighted by Gasteiger charge is 2.78. The van der Waals surface area contributed by atoms with Crippen molar-refractivity contribution in [2.75, 3.05) is 24.7 Å². The van der Waals surface area contributed by atoms with Gasteiger partial charge in [-0.3, -0.25) is 14.4 Å². The molecule has 0 saturated carbocycles. The molecule has 206 valence electrons. The molecule has 4 rings (SSSR count). The summed E-state index contributed by atoms with van der Waals surface area (Å²) in [6.07, 6.45) is 5.78. The van der Waals surface area contributed by atoms with Crippen molar-refractivity contribution in [3.8, 4) is 0 Å². The van der Waals surface area contributed by atoms with Crippen LogP contribution in [-0.2, 0) is 19.1 Å². The molecule has 6 atom stereocenters. The van der Waals surface area contributed by atoms with Crippen LogP contribution in [0.2, 0.25) is 0 Å². The minimum Gasteiger partial charge on any atom is -0.465 e. The Labute approximate surface area is 230 Å². The highest BCUT2D eigenvalue weighted by molar-refractivity contribution is 8.02. The van der Waals surface area contributed by atoms with Gasteiger partial charge in [0.1, 0.15) is 6.04 Å². The number of benzene rings is 1. The standard InChI is InChI=1S/C30H40N2O5S/c1-7-10-17-37-28(36)23-22-26(34)32(21(9-3)18-33)25(30(22)15-14-29(23,6)38-30)27(35)31(16-8-2)24-19(4)12-11-13-20(24)5/h7-8,11-13,21-23,25,33H,1-2,9-10,14-18H2,3-6H3/t21-,22-,23+,25?,29-,30?/m0/s1. The van der Waals surface area contributed by atoms with Crippen LogP contribution in [0.1, 0.15) is 50.7 Å². The van der Waals surface area contributed by atoms with Gasteiger partial charge in [0.2, 0.25) is 5.91 Å². The fraction of sp³-hybridized carbons (Fsp3) is 0.567. The first kappa shape index (κ1) is 28.4. The van der Waals surface area contributed by atoms with Gasteiger partial charge in [0, 0.05) is 17.0 Å². The molecule has 3 aliphatic rings. The summed E-state index contributed by atoms with van der Waals surface area (Å²) in [6.45, 7) is 15.7. The summed E-state index contributed by atoms with van der Waals surface area (Å²) in [5.41, 5.74) is 2.72. The zero-order chi connectivity index (χ0) is 27.8. The predicted octanol–water partition coefficient (Wildman–Crippen LogP) is 4.19. The van der Waals surface area contributed by atoms with Crippen molar-refractivity contribution in [1.82, 2.24) is 4.90 Å². The Morgan fingerprint density at radius 2 is 1.95 bits per heavy atom. The first-order valence-corrected chi connectivity index (χ1v) is 14.3. The van der Waals surface area contributed by atoms with Crippen molar-refractivity contribution in [3.05, 3.63) is 54.6 Å². The fourth-order valence-corrected chi connectivity index (χ4v) is 9.27. The number of hydrogen-bond donors (Lipinski definition) is 1. The lowest BCUT2D eigenvalue weighted by Crippen LogP contribution is -2.57. The number of aryl methyl sites for hydroxylation is 2. The van der Waals surface area contributed by atoms with Gasteiger partial charge in [0.05, 0.1) is 35.8 Å². The van der Waals surface area contributed by atoms with E-state index in [2.05, 4.69) is 13.2 Å². The molecule has 1 aromatic rings. The number of amides is 2. The molecule has 2 amide bonds. The van der Waals surface area contributed by atoms with Gasteiger partial charge in [0.15, 0.2) is 0 Å². The van der Waals surface area contributed by atoms with E-state index in [9.17, 15) is 19.5 Å². The van der Waals surface area contributed by atoms with Crippen molar-refractivity contribution >= 4 is 35.2 Å². The Balaban J connectivity index is 1.83. The normalized spacial score (nSPS) is 30.2. The minimum atomic E-state index is -0.811. The van der Waals surface area contributed by atoms with E-state index < -0.39 is 33.4 Å². The SMILES string of the molecule is C=CCCOC(=O)[C@H]1[C@H]2C(=O)N([C@@H](CC)CO)C(C(=O)N(CC=C)c3c(C)cccc3C)C23CC[C@]1(C)S3. The number of carbonyl (C=O) groups excluding carboxylic acids is 3. The van der Waals surface area contributed by atoms with Crippen molar-refractivity contribution < 1.29 is 24.2 Å². The molecule has 2 unspecified atom stereocenters. The summed E-state index contributed by atoms with van der Waals surface area (Å²) < 4.78 is 4.34. The second-order valence-corrected chi connectivity index (χ2v) is 12.8. The van der Waals surface area contributed by atoms with Gasteiger partial charge in [-0.25, -0.2) is 0 Å². The summed E-state index contributed by atoms with van der Waals surface area (Å²) in [5, 5.41) is 10.3. The second kappa shape index (κ2) is 10.9. The lowest BCUT2D eigenvalue weighted by molar-refractivity contribution is -0.156. The molecule has 3 heterocycles. The number of hydrogen-bond acceptors (Lipinski definition) is 6. The third-order valence-corrected chi connectivity index (χ3v) is 10.6. The summed E-state index contributed by atoms with van der Waals surface area (Å²) in [6, 6.07) is 4.57. The number of para-hydroxylation sites is 1. The first-order chi connectivity index (χ1) is 18.1. The van der Waals surface area contributed by atoms with Crippen LogP contribution in [0.4, 0.5) is 5.69 Å². The van der Waals surface area contributed by atoms with Crippen molar-refractivity contribution in [2.45, 2.75) is 75.0 Å². The Morgan fingerprint density at radius 1 is 1.26 bits per heavy atom. The number of thioether (sulfide) groups is 1. The number of likely N-dealkylation sites (tertiary alicyclic amines) is 1. The van der Waals surface area contributed by atoms with Gasteiger partial charge in [-0.1, -0.05) is 37.3 Å². The van der Waals surface area contributed by atoms with Crippen LogP contribution in [0, 0.1) is 25.7 Å². The zero-order valence-electron chi connectivity index (χ0n) is 22.9. The number of fused-ring (bicyclic) bond motifs is 1. The van der Waals surface area contributed by atoms with Gasteiger partial charge >= 0.3 is 5.97 Å². The average molecular weight is 541 g/mol. The first-order valence-electron chi connectivity index (χ1n) is 13.5. The maximum absolute atomic E-state index is 14.7. The van der Waals surface area contributed by atoms with Crippen LogP contribution in [-0.4, -0.2) is 69.1 Å². The number of rotatable bonds is 11. The largest absolute Gasteiger partial charge is 0.465 e. The van der Waals surface area contributed by atoms with E-state index >= 15 is 0 Å². The molecule has 38 heavy (non-hydrogen) atoms. The van der Waals surface area contributed by atoms with Gasteiger partial charge in [0.25, 0.3) is 5.91 Å². The van der Waals surface area contributed by atoms with E-state index in [-0.39, 0.29) is 37.5 Å². The third kappa shape index (κ3) is 4.30. The number of nitrogens with zero attached hydrogens (tertiary/aromatic N) is 2. The van der Waals surface area contributed by atoms with E-state index in [4.69, 9.17) is 4.74 Å². The molecule has 0 radical (unpaired) electrons. The summed E-state index contributed by atoms with van der Waals surface area (Å²) in [5.74, 6) is -2.14. The maximum Gasteiger partial charge on any atom is 0.311 e. The Morgan fingerprint density at radius 3 is 2.53 bits per heavy atom. The lowest BCUT2D eigenvalue weighted by Gasteiger charge is -2.40. The van der Waals surface area contributed by atoms with E-state index in [0.717, 1.165) is 16.8 Å². The monoisotopic (exact) mass is 540 g/mol. The van der Waals surface area contributed by atoms with Crippen LogP contribution in [0.3, 0.4) is 0 Å². The molecule has 3 saturated heterocycles. The molecule has 3 fully saturated rings. The molecule has 1 spiro atoms. The predicted molar refractivity (Wildman–Crippen MR) is 151 cm³/mol. The topological polar surface area (TPSA) is 87.1 Å². The van der Waals surface area contributed by atoms with Crippen LogP contribution >= 0.6 is 11.8 Å². The van der Waals surface area contributed by atoms with Crippen molar-refractivity contribution in [3.63, 3.8) is 0 Å². The summed E-state index contributed by atoms with van der Waals surface area (Å²) in [4.78, 5) is 45.8. The van der Waals surface area contributed by atoms with Crippen molar-refractivity contribution in [1.29, 1.82) is 0 Å². The van der Waals surface area contributed by atoms with Crippen LogP contribution in [0.25, 0.3) is 0 Å². The summed E-state index contributed by atoms with van der Waals surface area (Å²) >= 11 is 1.61. The molecular weight excluding hydrogens is 500 g/mol. The van der Waals surface area contributed by atoms with E-state index in [0.29, 0.717) is 25.7 Å². The number of esters is 1. The van der Waals surface area contributed by atoms with Gasteiger partial charge < -0.3 is 19.6 Å². The molecule has 7 nitrogen and oxygen atoms in total. The highest BCUT2D eigenvalue weighted by atomic mass is 32.2. The molecule has 2 bridgehead atoms. The molecule has 8 heteroatoms. The van der Waals surface area contributed by atoms with Crippen LogP contribution in [0.5, 0.6) is 0 Å². The second-order valence-electron chi connectivity index (χ2n) is 10.9. The highest BCUT2D eigenvalue weighted by Crippen LogP contribution is 2.72. The molecule has 1 N–H and O–H groups in total. The van der Waals surface area contributed by atoms with Gasteiger partial charge in [-0.2, -0.15) is 0 Å². The van der Waals surface area contributed by atoms with E-state index in [1.54, 1.807) is 33.7 Å². The van der Waals surface area contributed by atoms with E-state index in [1.807, 2.05) is 45.9 Å². The number of carbonyl (C=O) groups is 3. The molecule has 0 aromatic heterocycles. The van der Waals surface area contributed by atoms with Crippen LogP contribution < -0.4 is 4.90 Å². The van der Waals surface area contributed by atoms with Gasteiger partial charge in [-0.15, -0.1) is 24.9 Å². The zero-order valence-corrected chi connectivity index (χ0v) is 23.8. The molecule has 0 aliphatic carbocycles. The van der Waals surface area contributed by atoms with E-state index in [1.165, 1.54) is 0 Å².